The number of piperazine rings is 1. The van der Waals surface area contributed by atoms with E-state index >= 15 is 0 Å². The van der Waals surface area contributed by atoms with E-state index in [0.717, 1.165) is 5.56 Å². The largest absolute Gasteiger partial charge is 0.493 e. The Morgan fingerprint density at radius 3 is 2.57 bits per heavy atom. The fourth-order valence-electron chi connectivity index (χ4n) is 2.35. The first kappa shape index (κ1) is 15.3. The summed E-state index contributed by atoms with van der Waals surface area (Å²) in [6, 6.07) is 5.08. The predicted octanol–water partition coefficient (Wildman–Crippen LogP) is 0.941. The molecule has 1 heterocycles. The number of carbonyl (C=O) groups excluding carboxylic acids is 2. The van der Waals surface area contributed by atoms with E-state index in [9.17, 15) is 9.59 Å². The molecule has 0 spiro atoms. The van der Waals surface area contributed by atoms with E-state index in [-0.39, 0.29) is 30.9 Å². The summed E-state index contributed by atoms with van der Waals surface area (Å²) in [5.74, 6) is 0.811. The van der Waals surface area contributed by atoms with Crippen LogP contribution in [0.25, 0.3) is 0 Å². The third kappa shape index (κ3) is 3.16. The van der Waals surface area contributed by atoms with Crippen molar-refractivity contribution in [2.24, 2.45) is 0 Å². The zero-order chi connectivity index (χ0) is 15.4. The van der Waals surface area contributed by atoms with Crippen molar-refractivity contribution in [1.82, 2.24) is 10.2 Å². The number of hydrogen-bond acceptors (Lipinski definition) is 5. The van der Waals surface area contributed by atoms with Crippen LogP contribution in [0.3, 0.4) is 0 Å². The number of ether oxygens (including phenoxy) is 2. The summed E-state index contributed by atoms with van der Waals surface area (Å²) in [6.07, 6.45) is 0.661. The molecule has 21 heavy (non-hydrogen) atoms. The SMILES string of the molecule is CCC1NCC(=O)N(Cc2ccc(OC)c(OC)c2)C1=O. The van der Waals surface area contributed by atoms with Crippen molar-refractivity contribution >= 4 is 11.8 Å². The molecule has 0 aromatic heterocycles. The Morgan fingerprint density at radius 2 is 1.95 bits per heavy atom. The maximum Gasteiger partial charge on any atom is 0.246 e. The van der Waals surface area contributed by atoms with Crippen molar-refractivity contribution in [3.63, 3.8) is 0 Å². The van der Waals surface area contributed by atoms with E-state index in [2.05, 4.69) is 5.32 Å². The first-order valence-corrected chi connectivity index (χ1v) is 6.89. The molecule has 1 aliphatic rings. The molecule has 0 aliphatic carbocycles. The molecule has 1 atom stereocenters. The fraction of sp³-hybridized carbons (Fsp3) is 0.467. The molecule has 0 bridgehead atoms. The number of imide groups is 1. The number of nitrogens with one attached hydrogen (secondary N) is 1. The van der Waals surface area contributed by atoms with Crippen molar-refractivity contribution in [2.45, 2.75) is 25.9 Å². The lowest BCUT2D eigenvalue weighted by Gasteiger charge is -2.31. The predicted molar refractivity (Wildman–Crippen MR) is 77.2 cm³/mol. The first-order valence-electron chi connectivity index (χ1n) is 6.89. The molecule has 6 nitrogen and oxygen atoms in total. The van der Waals surface area contributed by atoms with Crippen LogP contribution in [0.15, 0.2) is 18.2 Å². The Morgan fingerprint density at radius 1 is 1.24 bits per heavy atom. The van der Waals surface area contributed by atoms with E-state index in [1.807, 2.05) is 13.0 Å². The van der Waals surface area contributed by atoms with Crippen molar-refractivity contribution in [1.29, 1.82) is 0 Å². The molecular weight excluding hydrogens is 272 g/mol. The summed E-state index contributed by atoms with van der Waals surface area (Å²) in [5, 5.41) is 2.94. The maximum atomic E-state index is 12.2. The van der Waals surface area contributed by atoms with Gasteiger partial charge in [-0.15, -0.1) is 0 Å². The molecule has 1 N–H and O–H groups in total. The molecule has 1 aromatic rings. The van der Waals surface area contributed by atoms with Crippen LogP contribution in [0.4, 0.5) is 0 Å². The molecule has 0 radical (unpaired) electrons. The van der Waals surface area contributed by atoms with Crippen LogP contribution in [0.1, 0.15) is 18.9 Å². The van der Waals surface area contributed by atoms with Gasteiger partial charge in [-0.2, -0.15) is 0 Å². The normalized spacial score (nSPS) is 18.8. The second-order valence-electron chi connectivity index (χ2n) is 4.85. The summed E-state index contributed by atoms with van der Waals surface area (Å²) in [7, 11) is 3.11. The third-order valence-corrected chi connectivity index (χ3v) is 3.56. The topological polar surface area (TPSA) is 67.9 Å². The average Bonchev–Trinajstić information content (AvgIpc) is 2.51. The minimum atomic E-state index is -0.289. The van der Waals surface area contributed by atoms with Gasteiger partial charge in [0.25, 0.3) is 0 Å². The van der Waals surface area contributed by atoms with Gasteiger partial charge < -0.3 is 9.47 Å². The van der Waals surface area contributed by atoms with Gasteiger partial charge in [0.05, 0.1) is 33.4 Å². The van der Waals surface area contributed by atoms with Gasteiger partial charge in [0.1, 0.15) is 0 Å². The molecule has 114 valence electrons. The Balaban J connectivity index is 2.20. The molecule has 1 saturated heterocycles. The van der Waals surface area contributed by atoms with Gasteiger partial charge in [-0.05, 0) is 24.1 Å². The van der Waals surface area contributed by atoms with Gasteiger partial charge in [0, 0.05) is 0 Å². The Bertz CT molecular complexity index is 544. The monoisotopic (exact) mass is 292 g/mol. The fourth-order valence-corrected chi connectivity index (χ4v) is 2.35. The highest BCUT2D eigenvalue weighted by Crippen LogP contribution is 2.28. The minimum Gasteiger partial charge on any atom is -0.493 e. The second kappa shape index (κ2) is 6.58. The van der Waals surface area contributed by atoms with Crippen LogP contribution in [-0.2, 0) is 16.1 Å². The lowest BCUT2D eigenvalue weighted by Crippen LogP contribution is -2.57. The van der Waals surface area contributed by atoms with Gasteiger partial charge in [-0.1, -0.05) is 13.0 Å². The van der Waals surface area contributed by atoms with E-state index in [0.29, 0.717) is 17.9 Å². The molecule has 0 saturated carbocycles. The summed E-state index contributed by atoms with van der Waals surface area (Å²) < 4.78 is 10.4. The van der Waals surface area contributed by atoms with E-state index in [1.165, 1.54) is 4.90 Å². The van der Waals surface area contributed by atoms with Crippen molar-refractivity contribution in [3.05, 3.63) is 23.8 Å². The zero-order valence-electron chi connectivity index (χ0n) is 12.5. The van der Waals surface area contributed by atoms with Crippen molar-refractivity contribution < 1.29 is 19.1 Å². The molecule has 1 unspecified atom stereocenters. The molecule has 1 fully saturated rings. The number of carbonyl (C=O) groups is 2. The van der Waals surface area contributed by atoms with E-state index in [4.69, 9.17) is 9.47 Å². The van der Waals surface area contributed by atoms with Gasteiger partial charge >= 0.3 is 0 Å². The number of nitrogens with zero attached hydrogens (tertiary/aromatic N) is 1. The Hall–Kier alpha value is -2.08. The van der Waals surface area contributed by atoms with Crippen molar-refractivity contribution in [2.75, 3.05) is 20.8 Å². The number of amides is 2. The third-order valence-electron chi connectivity index (χ3n) is 3.56. The summed E-state index contributed by atoms with van der Waals surface area (Å²) in [6.45, 7) is 2.35. The number of hydrogen-bond donors (Lipinski definition) is 1. The lowest BCUT2D eigenvalue weighted by atomic mass is 10.1. The number of methoxy groups -OCH3 is 2. The Kier molecular flexibility index (Phi) is 4.80. The van der Waals surface area contributed by atoms with Gasteiger partial charge in [0.15, 0.2) is 11.5 Å². The smallest absolute Gasteiger partial charge is 0.246 e. The standard InChI is InChI=1S/C15H20N2O4/c1-4-11-15(19)17(14(18)8-16-11)9-10-5-6-12(20-2)13(7-10)21-3/h5-7,11,16H,4,8-9H2,1-3H3. The average molecular weight is 292 g/mol. The quantitative estimate of drug-likeness (QED) is 0.818. The molecule has 2 rings (SSSR count). The van der Waals surface area contributed by atoms with Crippen LogP contribution in [0.2, 0.25) is 0 Å². The molecular formula is C15H20N2O4. The van der Waals surface area contributed by atoms with Gasteiger partial charge in [-0.3, -0.25) is 19.8 Å². The summed E-state index contributed by atoms with van der Waals surface area (Å²) in [4.78, 5) is 25.5. The lowest BCUT2D eigenvalue weighted by molar-refractivity contribution is -0.150. The molecule has 1 aliphatic heterocycles. The number of rotatable bonds is 5. The highest BCUT2D eigenvalue weighted by molar-refractivity contribution is 6.01. The van der Waals surface area contributed by atoms with Crippen LogP contribution in [-0.4, -0.2) is 43.5 Å². The van der Waals surface area contributed by atoms with E-state index in [1.54, 1.807) is 26.4 Å². The van der Waals surface area contributed by atoms with Gasteiger partial charge in [-0.25, -0.2) is 0 Å². The second-order valence-corrected chi connectivity index (χ2v) is 4.85. The zero-order valence-corrected chi connectivity index (χ0v) is 12.5. The molecule has 6 heteroatoms. The van der Waals surface area contributed by atoms with Crippen molar-refractivity contribution in [3.8, 4) is 11.5 Å². The minimum absolute atomic E-state index is 0.177. The van der Waals surface area contributed by atoms with Crippen LogP contribution in [0.5, 0.6) is 11.5 Å². The Labute approximate surface area is 124 Å². The molecule has 1 aromatic carbocycles. The number of benzene rings is 1. The molecule has 2 amide bonds. The van der Waals surface area contributed by atoms with Gasteiger partial charge in [0.2, 0.25) is 11.8 Å². The van der Waals surface area contributed by atoms with Crippen LogP contribution < -0.4 is 14.8 Å². The first-order chi connectivity index (χ1) is 10.1. The highest BCUT2D eigenvalue weighted by atomic mass is 16.5. The maximum absolute atomic E-state index is 12.2. The van der Waals surface area contributed by atoms with Crippen LogP contribution in [0, 0.1) is 0 Å². The summed E-state index contributed by atoms with van der Waals surface area (Å²) >= 11 is 0. The highest BCUT2D eigenvalue weighted by Gasteiger charge is 2.32. The summed E-state index contributed by atoms with van der Waals surface area (Å²) in [5.41, 5.74) is 0.825. The van der Waals surface area contributed by atoms with E-state index < -0.39 is 0 Å². The van der Waals surface area contributed by atoms with Crippen LogP contribution >= 0.6 is 0 Å².